The zero-order valence-corrected chi connectivity index (χ0v) is 11.5. The third-order valence-electron chi connectivity index (χ3n) is 3.10. The summed E-state index contributed by atoms with van der Waals surface area (Å²) in [5, 5.41) is 11.3. The Hall–Kier alpha value is -1.33. The van der Waals surface area contributed by atoms with Gasteiger partial charge in [0.05, 0.1) is 4.92 Å². The number of nitrogens with zero attached hydrogens (tertiary/aromatic N) is 2. The Morgan fingerprint density at radius 1 is 1.37 bits per heavy atom. The van der Waals surface area contributed by atoms with Gasteiger partial charge >= 0.3 is 0 Å². The highest BCUT2D eigenvalue weighted by atomic mass is 35.5. The van der Waals surface area contributed by atoms with Gasteiger partial charge in [-0.3, -0.25) is 14.9 Å². The molecule has 0 spiro atoms. The van der Waals surface area contributed by atoms with Gasteiger partial charge in [0.15, 0.2) is 0 Å². The first-order chi connectivity index (χ1) is 8.99. The average Bonchev–Trinajstić information content (AvgIpc) is 2.38. The Morgan fingerprint density at radius 3 is 2.58 bits per heavy atom. The monoisotopic (exact) mass is 302 g/mol. The molecule has 0 atom stereocenters. The summed E-state index contributed by atoms with van der Waals surface area (Å²) >= 11 is 11.7. The van der Waals surface area contributed by atoms with Crippen LogP contribution in [0, 0.1) is 10.1 Å². The van der Waals surface area contributed by atoms with Crippen molar-refractivity contribution in [2.75, 3.05) is 13.1 Å². The molecule has 2 rings (SSSR count). The quantitative estimate of drug-likeness (QED) is 0.479. The first kappa shape index (κ1) is 14.1. The molecule has 0 bridgehead atoms. The largest absolute Gasteiger partial charge is 0.338 e. The Labute approximate surface area is 120 Å². The molecule has 7 heteroatoms. The van der Waals surface area contributed by atoms with Gasteiger partial charge in [-0.15, -0.1) is 11.6 Å². The number of hydrogen-bond donors (Lipinski definition) is 0. The lowest BCUT2D eigenvalue weighted by Gasteiger charge is -2.29. The topological polar surface area (TPSA) is 63.4 Å². The number of nitro benzene ring substituents is 1. The lowest BCUT2D eigenvalue weighted by atomic mass is 10.1. The molecule has 1 aromatic rings. The highest BCUT2D eigenvalue weighted by Crippen LogP contribution is 2.26. The van der Waals surface area contributed by atoms with Crippen molar-refractivity contribution in [2.45, 2.75) is 18.2 Å². The molecule has 0 N–H and O–H groups in total. The van der Waals surface area contributed by atoms with Crippen molar-refractivity contribution in [1.29, 1.82) is 0 Å². The van der Waals surface area contributed by atoms with E-state index in [1.807, 2.05) is 0 Å². The van der Waals surface area contributed by atoms with Crippen LogP contribution >= 0.6 is 23.2 Å². The van der Waals surface area contributed by atoms with E-state index in [1.54, 1.807) is 4.90 Å². The Kier molecular flexibility index (Phi) is 4.27. The molecular weight excluding hydrogens is 291 g/mol. The van der Waals surface area contributed by atoms with E-state index in [0.29, 0.717) is 25.9 Å². The molecule has 102 valence electrons. The zero-order chi connectivity index (χ0) is 14.0. The summed E-state index contributed by atoms with van der Waals surface area (Å²) in [6.07, 6.45) is 1.41. The standard InChI is InChI=1S/C12H12Cl2N2O3/c13-8-3-5-15(6-4-8)12(17)10-2-1-9(14)7-11(10)16(18)19/h1-2,7-8H,3-6H2. The van der Waals surface area contributed by atoms with E-state index in [4.69, 9.17) is 23.2 Å². The molecule has 0 aromatic heterocycles. The van der Waals surface area contributed by atoms with Gasteiger partial charge in [-0.1, -0.05) is 11.6 Å². The lowest BCUT2D eigenvalue weighted by molar-refractivity contribution is -0.385. The van der Waals surface area contributed by atoms with Crippen LogP contribution in [0.2, 0.25) is 5.02 Å². The van der Waals surface area contributed by atoms with Crippen LogP contribution in [-0.4, -0.2) is 34.2 Å². The molecular formula is C12H12Cl2N2O3. The van der Waals surface area contributed by atoms with Gasteiger partial charge in [0.1, 0.15) is 5.56 Å². The zero-order valence-electron chi connectivity index (χ0n) is 10.0. The highest BCUT2D eigenvalue weighted by Gasteiger charge is 2.27. The van der Waals surface area contributed by atoms with Gasteiger partial charge in [0.25, 0.3) is 11.6 Å². The van der Waals surface area contributed by atoms with Gasteiger partial charge in [0.2, 0.25) is 0 Å². The van der Waals surface area contributed by atoms with E-state index in [1.165, 1.54) is 18.2 Å². The number of carbonyl (C=O) groups is 1. The van der Waals surface area contributed by atoms with Crippen molar-refractivity contribution in [2.24, 2.45) is 0 Å². The summed E-state index contributed by atoms with van der Waals surface area (Å²) in [5.41, 5.74) is -0.187. The van der Waals surface area contributed by atoms with Crippen molar-refractivity contribution in [3.8, 4) is 0 Å². The van der Waals surface area contributed by atoms with Crippen LogP contribution < -0.4 is 0 Å². The van der Waals surface area contributed by atoms with Crippen molar-refractivity contribution < 1.29 is 9.72 Å². The van der Waals surface area contributed by atoms with Crippen LogP contribution in [0.4, 0.5) is 5.69 Å². The minimum absolute atomic E-state index is 0.0717. The summed E-state index contributed by atoms with van der Waals surface area (Å²) in [5.74, 6) is -0.341. The highest BCUT2D eigenvalue weighted by molar-refractivity contribution is 6.31. The summed E-state index contributed by atoms with van der Waals surface area (Å²) in [6.45, 7) is 1.04. The van der Waals surface area contributed by atoms with E-state index >= 15 is 0 Å². The number of nitro groups is 1. The second-order valence-electron chi connectivity index (χ2n) is 4.39. The van der Waals surface area contributed by atoms with Gasteiger partial charge < -0.3 is 4.90 Å². The van der Waals surface area contributed by atoms with Crippen molar-refractivity contribution in [1.82, 2.24) is 4.90 Å². The predicted octanol–water partition coefficient (Wildman–Crippen LogP) is 3.09. The van der Waals surface area contributed by atoms with E-state index in [9.17, 15) is 14.9 Å². The molecule has 0 aliphatic carbocycles. The fourth-order valence-electron chi connectivity index (χ4n) is 2.06. The van der Waals surface area contributed by atoms with E-state index in [2.05, 4.69) is 0 Å². The van der Waals surface area contributed by atoms with Gasteiger partial charge in [-0.05, 0) is 25.0 Å². The molecule has 1 aliphatic heterocycles. The average molecular weight is 303 g/mol. The van der Waals surface area contributed by atoms with Gasteiger partial charge in [0, 0.05) is 29.6 Å². The number of piperidine rings is 1. The molecule has 5 nitrogen and oxygen atoms in total. The number of likely N-dealkylation sites (tertiary alicyclic amines) is 1. The van der Waals surface area contributed by atoms with Crippen molar-refractivity contribution >= 4 is 34.8 Å². The molecule has 0 saturated carbocycles. The Balaban J connectivity index is 2.26. The van der Waals surface area contributed by atoms with Crippen LogP contribution in [0.25, 0.3) is 0 Å². The third kappa shape index (κ3) is 3.16. The van der Waals surface area contributed by atoms with Crippen LogP contribution in [0.15, 0.2) is 18.2 Å². The van der Waals surface area contributed by atoms with Crippen molar-refractivity contribution in [3.63, 3.8) is 0 Å². The van der Waals surface area contributed by atoms with Crippen LogP contribution in [0.3, 0.4) is 0 Å². The maximum atomic E-state index is 12.3. The first-order valence-electron chi connectivity index (χ1n) is 5.86. The summed E-state index contributed by atoms with van der Waals surface area (Å²) in [4.78, 5) is 24.2. The molecule has 1 saturated heterocycles. The molecule has 0 radical (unpaired) electrons. The van der Waals surface area contributed by atoms with Gasteiger partial charge in [-0.25, -0.2) is 0 Å². The van der Waals surface area contributed by atoms with Crippen LogP contribution in [-0.2, 0) is 0 Å². The molecule has 1 heterocycles. The van der Waals surface area contributed by atoms with Crippen molar-refractivity contribution in [3.05, 3.63) is 38.9 Å². The summed E-state index contributed by atoms with van der Waals surface area (Å²) in [6, 6.07) is 4.08. The van der Waals surface area contributed by atoms with E-state index in [-0.39, 0.29) is 27.6 Å². The maximum absolute atomic E-state index is 12.3. The Bertz CT molecular complexity index is 514. The number of amides is 1. The molecule has 0 unspecified atom stereocenters. The summed E-state index contributed by atoms with van der Waals surface area (Å²) < 4.78 is 0. The Morgan fingerprint density at radius 2 is 2.00 bits per heavy atom. The number of halogens is 2. The normalized spacial score (nSPS) is 16.4. The number of benzene rings is 1. The second-order valence-corrected chi connectivity index (χ2v) is 5.44. The number of rotatable bonds is 2. The molecule has 19 heavy (non-hydrogen) atoms. The molecule has 1 aromatic carbocycles. The molecule has 1 aliphatic rings. The first-order valence-corrected chi connectivity index (χ1v) is 6.68. The predicted molar refractivity (Wildman–Crippen MR) is 72.9 cm³/mol. The minimum atomic E-state index is -0.590. The van der Waals surface area contributed by atoms with Crippen LogP contribution in [0.1, 0.15) is 23.2 Å². The van der Waals surface area contributed by atoms with E-state index < -0.39 is 4.92 Å². The maximum Gasteiger partial charge on any atom is 0.283 e. The smallest absolute Gasteiger partial charge is 0.283 e. The molecule has 1 amide bonds. The number of hydrogen-bond acceptors (Lipinski definition) is 3. The van der Waals surface area contributed by atoms with E-state index in [0.717, 1.165) is 0 Å². The van der Waals surface area contributed by atoms with Gasteiger partial charge in [-0.2, -0.15) is 0 Å². The lowest BCUT2D eigenvalue weighted by Crippen LogP contribution is -2.39. The number of carbonyl (C=O) groups excluding carboxylic acids is 1. The third-order valence-corrected chi connectivity index (χ3v) is 3.77. The number of alkyl halides is 1. The SMILES string of the molecule is O=C(c1ccc(Cl)cc1[N+](=O)[O-])N1CCC(Cl)CC1. The fraction of sp³-hybridized carbons (Fsp3) is 0.417. The fourth-order valence-corrected chi connectivity index (χ4v) is 2.42. The summed E-state index contributed by atoms with van der Waals surface area (Å²) in [7, 11) is 0. The second kappa shape index (κ2) is 5.75. The van der Waals surface area contributed by atoms with Crippen LogP contribution in [0.5, 0.6) is 0 Å². The molecule has 1 fully saturated rings. The minimum Gasteiger partial charge on any atom is -0.338 e.